The first-order valence-corrected chi connectivity index (χ1v) is 9.36. The van der Waals surface area contributed by atoms with Crippen molar-refractivity contribution in [3.05, 3.63) is 53.1 Å². The van der Waals surface area contributed by atoms with E-state index in [0.29, 0.717) is 23.6 Å². The molecule has 0 saturated carbocycles. The van der Waals surface area contributed by atoms with Crippen molar-refractivity contribution in [1.29, 1.82) is 0 Å². The highest BCUT2D eigenvalue weighted by Crippen LogP contribution is 2.23. The summed E-state index contributed by atoms with van der Waals surface area (Å²) in [7, 11) is 3.09. The van der Waals surface area contributed by atoms with Gasteiger partial charge in [-0.25, -0.2) is 4.79 Å². The second-order valence-corrected chi connectivity index (χ2v) is 6.70. The number of anilines is 1. The molecule has 30 heavy (non-hydrogen) atoms. The quantitative estimate of drug-likeness (QED) is 0.644. The third-order valence-electron chi connectivity index (χ3n) is 4.28. The molecule has 2 rings (SSSR count). The van der Waals surface area contributed by atoms with Crippen LogP contribution in [0.1, 0.15) is 23.1 Å². The number of benzene rings is 2. The summed E-state index contributed by atoms with van der Waals surface area (Å²) in [6.07, 6.45) is 0.458. The molecule has 0 radical (unpaired) electrons. The summed E-state index contributed by atoms with van der Waals surface area (Å²) in [6, 6.07) is 10.1. The minimum Gasteiger partial charge on any atom is -0.497 e. The molecule has 0 aliphatic rings. The SMILES string of the molecule is COc1cc(CCC(=O)OCC(=O)NC(=O)Nc2ccc(C)cc2C)cc(OC)c1. The Hall–Kier alpha value is -3.55. The highest BCUT2D eigenvalue weighted by atomic mass is 16.5. The number of urea groups is 1. The second-order valence-electron chi connectivity index (χ2n) is 6.70. The Morgan fingerprint density at radius 1 is 0.933 bits per heavy atom. The van der Waals surface area contributed by atoms with Gasteiger partial charge in [0.15, 0.2) is 6.61 Å². The van der Waals surface area contributed by atoms with E-state index in [-0.39, 0.29) is 6.42 Å². The number of imide groups is 1. The first-order chi connectivity index (χ1) is 14.3. The average molecular weight is 414 g/mol. The summed E-state index contributed by atoms with van der Waals surface area (Å²) in [4.78, 5) is 35.7. The van der Waals surface area contributed by atoms with Gasteiger partial charge >= 0.3 is 12.0 Å². The Morgan fingerprint density at radius 2 is 1.60 bits per heavy atom. The number of amides is 3. The van der Waals surface area contributed by atoms with Crippen molar-refractivity contribution in [3.63, 3.8) is 0 Å². The van der Waals surface area contributed by atoms with Crippen LogP contribution in [0.25, 0.3) is 0 Å². The number of aryl methyl sites for hydroxylation is 3. The Kier molecular flexibility index (Phi) is 8.22. The molecule has 2 aromatic rings. The number of hydrogen-bond acceptors (Lipinski definition) is 6. The largest absolute Gasteiger partial charge is 0.497 e. The van der Waals surface area contributed by atoms with Crippen LogP contribution >= 0.6 is 0 Å². The van der Waals surface area contributed by atoms with Crippen LogP contribution in [-0.4, -0.2) is 38.7 Å². The molecule has 8 nitrogen and oxygen atoms in total. The van der Waals surface area contributed by atoms with Gasteiger partial charge in [-0.15, -0.1) is 0 Å². The van der Waals surface area contributed by atoms with Crippen LogP contribution in [0.5, 0.6) is 11.5 Å². The van der Waals surface area contributed by atoms with Gasteiger partial charge in [0.05, 0.1) is 14.2 Å². The van der Waals surface area contributed by atoms with Gasteiger partial charge in [-0.2, -0.15) is 0 Å². The molecule has 160 valence electrons. The van der Waals surface area contributed by atoms with Crippen LogP contribution < -0.4 is 20.1 Å². The number of nitrogens with one attached hydrogen (secondary N) is 2. The maximum absolute atomic E-state index is 11.9. The highest BCUT2D eigenvalue weighted by Gasteiger charge is 2.12. The predicted octanol–water partition coefficient (Wildman–Crippen LogP) is 3.14. The number of esters is 1. The van der Waals surface area contributed by atoms with Crippen molar-refractivity contribution in [2.45, 2.75) is 26.7 Å². The number of carbonyl (C=O) groups excluding carboxylic acids is 3. The highest BCUT2D eigenvalue weighted by molar-refractivity contribution is 6.02. The Balaban J connectivity index is 1.76. The van der Waals surface area contributed by atoms with Gasteiger partial charge < -0.3 is 19.5 Å². The molecule has 0 aromatic heterocycles. The van der Waals surface area contributed by atoms with Gasteiger partial charge in [-0.1, -0.05) is 17.7 Å². The first-order valence-electron chi connectivity index (χ1n) is 9.36. The number of carbonyl (C=O) groups is 3. The lowest BCUT2D eigenvalue weighted by atomic mass is 10.1. The molecule has 0 aliphatic heterocycles. The molecule has 0 spiro atoms. The molecule has 0 saturated heterocycles. The fourth-order valence-electron chi connectivity index (χ4n) is 2.75. The molecule has 2 N–H and O–H groups in total. The van der Waals surface area contributed by atoms with E-state index in [1.54, 1.807) is 38.5 Å². The molecule has 0 bridgehead atoms. The third kappa shape index (κ3) is 7.12. The average Bonchev–Trinajstić information content (AvgIpc) is 2.72. The zero-order valence-corrected chi connectivity index (χ0v) is 17.5. The summed E-state index contributed by atoms with van der Waals surface area (Å²) in [5, 5.41) is 4.72. The van der Waals surface area contributed by atoms with E-state index >= 15 is 0 Å². The molecule has 0 aliphatic carbocycles. The first kappa shape index (κ1) is 22.7. The molecule has 0 atom stereocenters. The van der Waals surface area contributed by atoms with Crippen molar-refractivity contribution < 1.29 is 28.6 Å². The van der Waals surface area contributed by atoms with Crippen LogP contribution in [0.3, 0.4) is 0 Å². The molecule has 8 heteroatoms. The Bertz CT molecular complexity index is 904. The van der Waals surface area contributed by atoms with Gasteiger partial charge in [0.1, 0.15) is 11.5 Å². The van der Waals surface area contributed by atoms with Crippen molar-refractivity contribution >= 4 is 23.6 Å². The van der Waals surface area contributed by atoms with Gasteiger partial charge in [-0.3, -0.25) is 14.9 Å². The lowest BCUT2D eigenvalue weighted by Gasteiger charge is -2.10. The molecular formula is C22H26N2O6. The lowest BCUT2D eigenvalue weighted by molar-refractivity contribution is -0.148. The standard InChI is InChI=1S/C22H26N2O6/c1-14-5-7-19(15(2)9-14)23-22(27)24-20(25)13-30-21(26)8-6-16-10-17(28-3)12-18(11-16)29-4/h5,7,9-12H,6,8,13H2,1-4H3,(H2,23,24,25,27). The minimum atomic E-state index is -0.714. The molecule has 2 aromatic carbocycles. The van der Waals surface area contributed by atoms with Crippen LogP contribution in [0, 0.1) is 13.8 Å². The van der Waals surface area contributed by atoms with Gasteiger partial charge in [-0.05, 0) is 49.6 Å². The summed E-state index contributed by atoms with van der Waals surface area (Å²) in [6.45, 7) is 3.25. The second kappa shape index (κ2) is 10.8. The molecule has 0 unspecified atom stereocenters. The zero-order chi connectivity index (χ0) is 22.1. The van der Waals surface area contributed by atoms with Crippen LogP contribution in [-0.2, 0) is 20.7 Å². The Labute approximate surface area is 175 Å². The molecule has 0 fully saturated rings. The summed E-state index contributed by atoms with van der Waals surface area (Å²) in [5.41, 5.74) is 3.36. The van der Waals surface area contributed by atoms with E-state index in [9.17, 15) is 14.4 Å². The number of methoxy groups -OCH3 is 2. The number of hydrogen-bond donors (Lipinski definition) is 2. The summed E-state index contributed by atoms with van der Waals surface area (Å²) < 4.78 is 15.3. The topological polar surface area (TPSA) is 103 Å². The van der Waals surface area contributed by atoms with Crippen molar-refractivity contribution in [2.75, 3.05) is 26.1 Å². The van der Waals surface area contributed by atoms with E-state index in [4.69, 9.17) is 14.2 Å². The summed E-state index contributed by atoms with van der Waals surface area (Å²) >= 11 is 0. The fourth-order valence-corrected chi connectivity index (χ4v) is 2.75. The minimum absolute atomic E-state index is 0.0678. The predicted molar refractivity (Wildman–Crippen MR) is 112 cm³/mol. The van der Waals surface area contributed by atoms with Crippen molar-refractivity contribution in [1.82, 2.24) is 5.32 Å². The van der Waals surface area contributed by atoms with Crippen molar-refractivity contribution in [3.8, 4) is 11.5 Å². The molecular weight excluding hydrogens is 388 g/mol. The van der Waals surface area contributed by atoms with Gasteiger partial charge in [0.2, 0.25) is 0 Å². The van der Waals surface area contributed by atoms with E-state index in [1.165, 1.54) is 0 Å². The summed E-state index contributed by atoms with van der Waals surface area (Å²) in [5.74, 6) is -0.0331. The van der Waals surface area contributed by atoms with Crippen molar-refractivity contribution in [2.24, 2.45) is 0 Å². The van der Waals surface area contributed by atoms with E-state index < -0.39 is 24.5 Å². The van der Waals surface area contributed by atoms with Crippen LogP contribution in [0.4, 0.5) is 10.5 Å². The van der Waals surface area contributed by atoms with E-state index in [2.05, 4.69) is 10.6 Å². The fraction of sp³-hybridized carbons (Fsp3) is 0.318. The maximum Gasteiger partial charge on any atom is 0.325 e. The Morgan fingerprint density at radius 3 is 2.20 bits per heavy atom. The lowest BCUT2D eigenvalue weighted by Crippen LogP contribution is -2.37. The monoisotopic (exact) mass is 414 g/mol. The normalized spacial score (nSPS) is 10.1. The van der Waals surface area contributed by atoms with Crippen LogP contribution in [0.15, 0.2) is 36.4 Å². The van der Waals surface area contributed by atoms with E-state index in [1.807, 2.05) is 26.0 Å². The van der Waals surface area contributed by atoms with Gasteiger partial charge in [0, 0.05) is 18.2 Å². The molecule has 0 heterocycles. The maximum atomic E-state index is 11.9. The number of rotatable bonds is 8. The van der Waals surface area contributed by atoms with E-state index in [0.717, 1.165) is 16.7 Å². The number of ether oxygens (including phenoxy) is 3. The van der Waals surface area contributed by atoms with Crippen LogP contribution in [0.2, 0.25) is 0 Å². The zero-order valence-electron chi connectivity index (χ0n) is 17.5. The van der Waals surface area contributed by atoms with Gasteiger partial charge in [0.25, 0.3) is 5.91 Å². The smallest absolute Gasteiger partial charge is 0.325 e. The molecule has 3 amide bonds. The third-order valence-corrected chi connectivity index (χ3v) is 4.28.